The maximum absolute atomic E-state index is 14.7. The van der Waals surface area contributed by atoms with Crippen LogP contribution in [0.4, 0.5) is 15.8 Å². The van der Waals surface area contributed by atoms with Crippen LogP contribution in [-0.2, 0) is 21.7 Å². The molecule has 7 heteroatoms. The fourth-order valence-corrected chi connectivity index (χ4v) is 5.77. The van der Waals surface area contributed by atoms with Gasteiger partial charge in [-0.3, -0.25) is 14.5 Å². The first-order valence-corrected chi connectivity index (χ1v) is 12.9. The molecule has 2 amide bonds. The largest absolute Gasteiger partial charge is 0.384 e. The van der Waals surface area contributed by atoms with E-state index in [2.05, 4.69) is 33.0 Å². The monoisotopic (exact) mass is 500 g/mol. The fourth-order valence-electron chi connectivity index (χ4n) is 5.77. The highest BCUT2D eigenvalue weighted by molar-refractivity contribution is 6.08. The minimum atomic E-state index is -1.08. The number of carbonyl (C=O) groups is 2. The second-order valence-corrected chi connectivity index (χ2v) is 9.99. The van der Waals surface area contributed by atoms with Crippen molar-refractivity contribution in [1.29, 1.82) is 0 Å². The minimum Gasteiger partial charge on any atom is -0.384 e. The van der Waals surface area contributed by atoms with Gasteiger partial charge in [-0.2, -0.15) is 0 Å². The Balaban J connectivity index is 1.46. The smallest absolute Gasteiger partial charge is 0.249 e. The molecular weight excluding hydrogens is 467 g/mol. The molecule has 2 heterocycles. The zero-order valence-corrected chi connectivity index (χ0v) is 21.3. The van der Waals surface area contributed by atoms with Crippen LogP contribution in [0.25, 0.3) is 0 Å². The lowest BCUT2D eigenvalue weighted by Gasteiger charge is -2.45. The number of carbonyl (C=O) groups excluding carboxylic acids is 2. The van der Waals surface area contributed by atoms with Crippen molar-refractivity contribution in [3.8, 4) is 0 Å². The number of rotatable bonds is 7. The van der Waals surface area contributed by atoms with Gasteiger partial charge in [-0.25, -0.2) is 4.39 Å². The summed E-state index contributed by atoms with van der Waals surface area (Å²) in [6, 6.07) is 22.8. The van der Waals surface area contributed by atoms with E-state index in [1.54, 1.807) is 0 Å². The number of anilines is 2. The number of amides is 2. The molecule has 0 saturated carbocycles. The van der Waals surface area contributed by atoms with Gasteiger partial charge in [-0.1, -0.05) is 60.7 Å². The van der Waals surface area contributed by atoms with Gasteiger partial charge >= 0.3 is 0 Å². The van der Waals surface area contributed by atoms with Crippen molar-refractivity contribution in [3.05, 3.63) is 95.3 Å². The average molecular weight is 501 g/mol. The number of nitrogens with zero attached hydrogens (tertiary/aromatic N) is 1. The third kappa shape index (κ3) is 4.71. The molecular formula is C30H33FN4O2. The van der Waals surface area contributed by atoms with Crippen molar-refractivity contribution in [2.24, 2.45) is 5.92 Å². The van der Waals surface area contributed by atoms with Gasteiger partial charge in [0.05, 0.1) is 17.3 Å². The number of fused-ring (bicyclic) bond motifs is 1. The van der Waals surface area contributed by atoms with Gasteiger partial charge in [-0.15, -0.1) is 0 Å². The second kappa shape index (κ2) is 10.3. The number of halogens is 1. The predicted molar refractivity (Wildman–Crippen MR) is 144 cm³/mol. The summed E-state index contributed by atoms with van der Waals surface area (Å²) in [4.78, 5) is 29.1. The molecule has 3 aromatic rings. The molecule has 0 bridgehead atoms. The topological polar surface area (TPSA) is 73.5 Å². The maximum Gasteiger partial charge on any atom is 0.249 e. The highest BCUT2D eigenvalue weighted by Crippen LogP contribution is 2.47. The van der Waals surface area contributed by atoms with E-state index in [0.717, 1.165) is 11.1 Å². The van der Waals surface area contributed by atoms with Gasteiger partial charge in [0.15, 0.2) is 0 Å². The van der Waals surface area contributed by atoms with Crippen LogP contribution in [0, 0.1) is 11.7 Å². The molecule has 3 aromatic carbocycles. The summed E-state index contributed by atoms with van der Waals surface area (Å²) in [5, 5.41) is 9.27. The molecule has 192 valence electrons. The highest BCUT2D eigenvalue weighted by Gasteiger charge is 2.51. The Kier molecular flexibility index (Phi) is 6.98. The molecule has 2 aliphatic heterocycles. The first-order chi connectivity index (χ1) is 17.9. The summed E-state index contributed by atoms with van der Waals surface area (Å²) < 4.78 is 14.7. The molecule has 3 N–H and O–H groups in total. The van der Waals surface area contributed by atoms with Crippen LogP contribution in [0.5, 0.6) is 0 Å². The molecule has 0 aliphatic carbocycles. The van der Waals surface area contributed by atoms with Gasteiger partial charge in [0.25, 0.3) is 0 Å². The molecule has 2 aliphatic rings. The molecule has 5 rings (SSSR count). The quantitative estimate of drug-likeness (QED) is 0.434. The van der Waals surface area contributed by atoms with Crippen molar-refractivity contribution >= 4 is 23.2 Å². The zero-order chi connectivity index (χ0) is 26.0. The number of hydrogen-bond acceptors (Lipinski definition) is 4. The van der Waals surface area contributed by atoms with Gasteiger partial charge in [0.2, 0.25) is 11.8 Å². The molecule has 0 radical (unpaired) electrons. The molecule has 0 aromatic heterocycles. The SMILES string of the molecule is CCNc1cc(F)cc2c1NC(=O)[C@]2(C)N1CCC(c2ccccc2)C(C(=O)NCc2ccccc2)C1. The van der Waals surface area contributed by atoms with Crippen LogP contribution in [0.3, 0.4) is 0 Å². The van der Waals surface area contributed by atoms with Crippen molar-refractivity contribution in [1.82, 2.24) is 10.2 Å². The third-order valence-electron chi connectivity index (χ3n) is 7.79. The second-order valence-electron chi connectivity index (χ2n) is 9.99. The lowest BCUT2D eigenvalue weighted by molar-refractivity contribution is -0.134. The number of hydrogen-bond donors (Lipinski definition) is 3. The van der Waals surface area contributed by atoms with Gasteiger partial charge < -0.3 is 16.0 Å². The van der Waals surface area contributed by atoms with Crippen LogP contribution in [0.15, 0.2) is 72.8 Å². The van der Waals surface area contributed by atoms with Gasteiger partial charge in [-0.05, 0) is 49.4 Å². The van der Waals surface area contributed by atoms with E-state index in [9.17, 15) is 14.0 Å². The van der Waals surface area contributed by atoms with Crippen molar-refractivity contribution in [2.45, 2.75) is 38.3 Å². The summed E-state index contributed by atoms with van der Waals surface area (Å²) in [7, 11) is 0. The minimum absolute atomic E-state index is 0.0191. The van der Waals surface area contributed by atoms with E-state index in [-0.39, 0.29) is 23.7 Å². The number of likely N-dealkylation sites (tertiary alicyclic amines) is 1. The van der Waals surface area contributed by atoms with Crippen molar-refractivity contribution in [2.75, 3.05) is 30.3 Å². The van der Waals surface area contributed by atoms with Gasteiger partial charge in [0, 0.05) is 31.7 Å². The van der Waals surface area contributed by atoms with E-state index in [4.69, 9.17) is 0 Å². The zero-order valence-electron chi connectivity index (χ0n) is 21.3. The van der Waals surface area contributed by atoms with Crippen LogP contribution in [0.1, 0.15) is 42.9 Å². The van der Waals surface area contributed by atoms with Crippen molar-refractivity contribution in [3.63, 3.8) is 0 Å². The Morgan fingerprint density at radius 1 is 1.11 bits per heavy atom. The summed E-state index contributed by atoms with van der Waals surface area (Å²) in [5.74, 6) is -0.985. The molecule has 37 heavy (non-hydrogen) atoms. The van der Waals surface area contributed by atoms with Crippen LogP contribution < -0.4 is 16.0 Å². The Morgan fingerprint density at radius 2 is 1.81 bits per heavy atom. The summed E-state index contributed by atoms with van der Waals surface area (Å²) in [5.41, 5.74) is 2.86. The Labute approximate surface area is 217 Å². The van der Waals surface area contributed by atoms with E-state index in [0.29, 0.717) is 49.5 Å². The lowest BCUT2D eigenvalue weighted by atomic mass is 9.77. The molecule has 1 saturated heterocycles. The number of piperidine rings is 1. The number of benzene rings is 3. The van der Waals surface area contributed by atoms with E-state index in [1.165, 1.54) is 12.1 Å². The van der Waals surface area contributed by atoms with Crippen molar-refractivity contribution < 1.29 is 14.0 Å². The molecule has 6 nitrogen and oxygen atoms in total. The fraction of sp³-hybridized carbons (Fsp3) is 0.333. The van der Waals surface area contributed by atoms with Gasteiger partial charge in [0.1, 0.15) is 11.4 Å². The van der Waals surface area contributed by atoms with Crippen LogP contribution >= 0.6 is 0 Å². The Hall–Kier alpha value is -3.71. The molecule has 0 spiro atoms. The van der Waals surface area contributed by atoms with E-state index in [1.807, 2.05) is 62.4 Å². The first kappa shape index (κ1) is 25.0. The lowest BCUT2D eigenvalue weighted by Crippen LogP contribution is -2.56. The van der Waals surface area contributed by atoms with Crippen LogP contribution in [0.2, 0.25) is 0 Å². The van der Waals surface area contributed by atoms with Crippen LogP contribution in [-0.4, -0.2) is 36.3 Å². The standard InChI is InChI=1S/C30H33FN4O2/c1-3-32-26-17-22(31)16-25-27(26)34-29(37)30(25,2)35-15-14-23(21-12-8-5-9-13-21)24(19-35)28(36)33-18-20-10-6-4-7-11-20/h4-13,16-17,23-24,32H,3,14-15,18-19H2,1-2H3,(H,33,36)(H,34,37)/t23?,24?,30-/m1/s1. The Morgan fingerprint density at radius 3 is 2.51 bits per heavy atom. The Bertz CT molecular complexity index is 1280. The van der Waals surface area contributed by atoms with E-state index >= 15 is 0 Å². The molecule has 3 atom stereocenters. The van der Waals surface area contributed by atoms with E-state index < -0.39 is 11.4 Å². The first-order valence-electron chi connectivity index (χ1n) is 12.9. The molecule has 2 unspecified atom stereocenters. The number of nitrogens with one attached hydrogen (secondary N) is 3. The average Bonchev–Trinajstić information content (AvgIpc) is 3.19. The normalized spacial score (nSPS) is 23.3. The summed E-state index contributed by atoms with van der Waals surface area (Å²) in [6.07, 6.45) is 0.709. The summed E-state index contributed by atoms with van der Waals surface area (Å²) in [6.45, 7) is 5.81. The highest BCUT2D eigenvalue weighted by atomic mass is 19.1. The maximum atomic E-state index is 14.7. The molecule has 1 fully saturated rings. The summed E-state index contributed by atoms with van der Waals surface area (Å²) >= 11 is 0. The predicted octanol–water partition coefficient (Wildman–Crippen LogP) is 4.85. The third-order valence-corrected chi connectivity index (χ3v) is 7.79.